The number of likely N-dealkylation sites (tertiary alicyclic amines) is 2. The minimum Gasteiger partial charge on any atom is -0.507 e. The molecule has 6 fully saturated rings. The van der Waals surface area contributed by atoms with E-state index in [1.54, 1.807) is 23.7 Å². The average molecular weight is 1150 g/mol. The molecular formula is C62H78N12O8S. The van der Waals surface area contributed by atoms with Gasteiger partial charge in [-0.2, -0.15) is 0 Å². The first kappa shape index (κ1) is 56.4. The van der Waals surface area contributed by atoms with Gasteiger partial charge in [0.25, 0.3) is 0 Å². The molecule has 6 N–H and O–H groups in total. The summed E-state index contributed by atoms with van der Waals surface area (Å²) in [6.45, 7) is 15.2. The number of nitrogens with zero attached hydrogens (tertiary/aromatic N) is 10. The first-order chi connectivity index (χ1) is 40.2. The fourth-order valence-electron chi connectivity index (χ4n) is 13.6. The molecule has 6 aliphatic rings. The van der Waals surface area contributed by atoms with E-state index in [1.165, 1.54) is 16.2 Å². The number of β-amino-alcohol motifs (C(OH)–C–C–N with tert-alkyl or cyclic N) is 1. The Kier molecular flexibility index (Phi) is 16.5. The molecule has 20 nitrogen and oxygen atoms in total. The van der Waals surface area contributed by atoms with Crippen molar-refractivity contribution in [2.24, 2.45) is 17.8 Å². The van der Waals surface area contributed by atoms with Gasteiger partial charge in [0.05, 0.1) is 51.8 Å². The third-order valence-electron chi connectivity index (χ3n) is 18.3. The van der Waals surface area contributed by atoms with Crippen LogP contribution in [0.3, 0.4) is 0 Å². The molecule has 2 amide bonds. The third kappa shape index (κ3) is 12.3. The fraction of sp³-hybridized carbons (Fsp3) is 0.532. The molecule has 2 aromatic carbocycles. The number of carbonyl (C=O) groups excluding carboxylic acids is 2. The number of anilines is 4. The summed E-state index contributed by atoms with van der Waals surface area (Å²) in [7, 11) is 0. The van der Waals surface area contributed by atoms with Gasteiger partial charge in [-0.25, -0.2) is 9.97 Å². The van der Waals surface area contributed by atoms with Gasteiger partial charge < -0.3 is 64.9 Å². The van der Waals surface area contributed by atoms with E-state index in [4.69, 9.17) is 19.7 Å². The van der Waals surface area contributed by atoms with Crippen LogP contribution in [0.5, 0.6) is 17.4 Å². The second kappa shape index (κ2) is 24.3. The molecule has 21 heteroatoms. The number of para-hydroxylation sites is 1. The fourth-order valence-corrected chi connectivity index (χ4v) is 14.4. The lowest BCUT2D eigenvalue weighted by Gasteiger charge is -2.41. The standard InChI is InChI=1S/C62H78N12O8S/c1-36(2)58(62(79)74-34-44(75)26-52(74)61(78)66-37(3)41-9-10-49(54(77)24-41)59-38(4)65-35-83-59)55-30-56(69-82-55)71-20-12-39(13-21-71)31-70-18-15-45(16-19-70)80-46-27-47(28-46)81-57-25-42(11-17-64-57)73-32-40-14-22-72(33-43(73)23-40)51-29-50(67-68-60(51)63)48-7-5-6-8-53(48)76/h5-11,17,24-25,29-30,35-37,39-40,43-47,52,58,75-77H,12-16,18-23,26-28,31-34H2,1-4H3,(H2,63,68)(H,66,78)/t37-,40?,43?,44+,46?,47?,52-,58+/m0/s1. The lowest BCUT2D eigenvalue weighted by Crippen LogP contribution is -2.48. The SMILES string of the molecule is Cc1ncsc1-c1ccc([C@H](C)NC(=O)[C@@H]2C[C@@H](O)CN2C(=O)[C@@H](c2cc(N3CCC(CN4CCC(OC5CC(Oc6cc(N7CC8CCN(c9cc(-c%10ccccc%10O)nnc9N)CC7C8)ccn6)C5)CC4)CC3)no2)C(C)C)cc1O. The molecule has 2 bridgehead atoms. The molecule has 1 saturated carbocycles. The van der Waals surface area contributed by atoms with Crippen molar-refractivity contribution < 1.29 is 38.9 Å². The van der Waals surface area contributed by atoms with Crippen LogP contribution in [0.1, 0.15) is 108 Å². The summed E-state index contributed by atoms with van der Waals surface area (Å²) in [5.41, 5.74) is 13.6. The van der Waals surface area contributed by atoms with Crippen LogP contribution in [-0.4, -0.2) is 158 Å². The molecule has 0 spiro atoms. The molecule has 9 heterocycles. The highest BCUT2D eigenvalue weighted by atomic mass is 32.1. The van der Waals surface area contributed by atoms with Crippen LogP contribution in [0.4, 0.5) is 23.0 Å². The summed E-state index contributed by atoms with van der Waals surface area (Å²) in [6, 6.07) is 19.5. The summed E-state index contributed by atoms with van der Waals surface area (Å²) in [5.74, 6) is 2.12. The molecule has 6 aromatic rings. The second-order valence-corrected chi connectivity index (χ2v) is 25.2. The average Bonchev–Trinajstić information content (AvgIpc) is 4.48. The Morgan fingerprint density at radius 1 is 0.819 bits per heavy atom. The van der Waals surface area contributed by atoms with E-state index in [-0.39, 0.29) is 66.6 Å². The number of fused-ring (bicyclic) bond motifs is 2. The van der Waals surface area contributed by atoms with Gasteiger partial charge in [-0.05, 0) is 112 Å². The second-order valence-electron chi connectivity index (χ2n) is 24.4. The predicted octanol–water partition coefficient (Wildman–Crippen LogP) is 7.94. The zero-order valence-electron chi connectivity index (χ0n) is 47.9. The van der Waals surface area contributed by atoms with Gasteiger partial charge >= 0.3 is 0 Å². The Morgan fingerprint density at radius 2 is 1.61 bits per heavy atom. The molecular weight excluding hydrogens is 1070 g/mol. The van der Waals surface area contributed by atoms with E-state index in [2.05, 4.69) is 62.4 Å². The number of rotatable bonds is 17. The van der Waals surface area contributed by atoms with Crippen molar-refractivity contribution in [1.29, 1.82) is 0 Å². The maximum absolute atomic E-state index is 14.4. The Labute approximate surface area is 489 Å². The maximum Gasteiger partial charge on any atom is 0.243 e. The number of aryl methyl sites for hydroxylation is 1. The monoisotopic (exact) mass is 1150 g/mol. The van der Waals surface area contributed by atoms with E-state index in [0.29, 0.717) is 57.5 Å². The smallest absolute Gasteiger partial charge is 0.243 e. The number of ether oxygens (including phenoxy) is 2. The summed E-state index contributed by atoms with van der Waals surface area (Å²) in [6.07, 6.45) is 9.64. The van der Waals surface area contributed by atoms with Gasteiger partial charge in [0.1, 0.15) is 29.6 Å². The quantitative estimate of drug-likeness (QED) is 0.0582. The van der Waals surface area contributed by atoms with Crippen LogP contribution in [0.15, 0.2) is 83.0 Å². The highest BCUT2D eigenvalue weighted by Crippen LogP contribution is 2.41. The van der Waals surface area contributed by atoms with Gasteiger partial charge in [0, 0.05) is 119 Å². The number of thiazole rings is 1. The number of amides is 2. The number of pyridine rings is 1. The van der Waals surface area contributed by atoms with Crippen LogP contribution in [0.25, 0.3) is 21.7 Å². The summed E-state index contributed by atoms with van der Waals surface area (Å²) < 4.78 is 19.1. The number of aromatic nitrogens is 5. The zero-order chi connectivity index (χ0) is 57.5. The number of aromatic hydroxyl groups is 2. The summed E-state index contributed by atoms with van der Waals surface area (Å²) >= 11 is 1.46. The first-order valence-corrected chi connectivity index (χ1v) is 30.7. The maximum atomic E-state index is 14.4. The molecule has 83 heavy (non-hydrogen) atoms. The number of phenolic OH excluding ortho intramolecular Hbond substituents is 2. The number of nitrogens with two attached hydrogens (primary N) is 1. The van der Waals surface area contributed by atoms with Crippen molar-refractivity contribution in [3.63, 3.8) is 0 Å². The van der Waals surface area contributed by atoms with Crippen LogP contribution in [0, 0.1) is 24.7 Å². The molecule has 12 rings (SSSR count). The number of hydrogen-bond donors (Lipinski definition) is 5. The van der Waals surface area contributed by atoms with Crippen LogP contribution in [0.2, 0.25) is 0 Å². The Morgan fingerprint density at radius 3 is 2.37 bits per heavy atom. The molecule has 2 unspecified atom stereocenters. The highest BCUT2D eigenvalue weighted by Gasteiger charge is 2.44. The van der Waals surface area contributed by atoms with E-state index >= 15 is 0 Å². The molecule has 440 valence electrons. The largest absolute Gasteiger partial charge is 0.507 e. The Balaban J connectivity index is 0.568. The lowest BCUT2D eigenvalue weighted by molar-refractivity contribution is -0.141. The van der Waals surface area contributed by atoms with Gasteiger partial charge in [-0.15, -0.1) is 21.5 Å². The highest BCUT2D eigenvalue weighted by molar-refractivity contribution is 7.13. The number of nitrogens with one attached hydrogen (secondary N) is 1. The number of piperidine rings is 2. The van der Waals surface area contributed by atoms with Gasteiger partial charge in [-0.1, -0.05) is 37.2 Å². The Hall–Kier alpha value is -7.07. The molecule has 5 aliphatic heterocycles. The number of benzene rings is 2. The number of aliphatic hydroxyl groups excluding tert-OH is 1. The molecule has 0 radical (unpaired) electrons. The molecule has 4 aromatic heterocycles. The number of carbonyl (C=O) groups is 2. The van der Waals surface area contributed by atoms with E-state index in [0.717, 1.165) is 126 Å². The third-order valence-corrected chi connectivity index (χ3v) is 19.3. The summed E-state index contributed by atoms with van der Waals surface area (Å²) in [4.78, 5) is 49.3. The molecule has 1 aliphatic carbocycles. The topological polar surface area (TPSA) is 245 Å². The van der Waals surface area contributed by atoms with Gasteiger partial charge in [0.2, 0.25) is 17.7 Å². The van der Waals surface area contributed by atoms with Crippen molar-refractivity contribution in [2.45, 2.75) is 134 Å². The predicted molar refractivity (Wildman–Crippen MR) is 317 cm³/mol. The Bertz CT molecular complexity index is 3250. The van der Waals surface area contributed by atoms with E-state index < -0.39 is 24.1 Å². The van der Waals surface area contributed by atoms with Crippen molar-refractivity contribution in [3.8, 4) is 39.1 Å². The minimum atomic E-state index is -0.867. The lowest BCUT2D eigenvalue weighted by atomic mass is 9.91. The molecule has 6 atom stereocenters. The van der Waals surface area contributed by atoms with Crippen molar-refractivity contribution in [2.75, 3.05) is 79.3 Å². The van der Waals surface area contributed by atoms with Crippen molar-refractivity contribution in [1.82, 2.24) is 40.4 Å². The van der Waals surface area contributed by atoms with E-state index in [1.807, 2.05) is 70.3 Å². The van der Waals surface area contributed by atoms with Crippen molar-refractivity contribution >= 4 is 46.2 Å². The molecule has 5 saturated heterocycles. The minimum absolute atomic E-state index is 0.0435. The zero-order valence-corrected chi connectivity index (χ0v) is 48.7. The van der Waals surface area contributed by atoms with E-state index in [9.17, 15) is 24.9 Å². The first-order valence-electron chi connectivity index (χ1n) is 29.8. The van der Waals surface area contributed by atoms with Crippen LogP contribution in [-0.2, 0) is 14.3 Å². The number of phenols is 2. The van der Waals surface area contributed by atoms with Gasteiger partial charge in [0.15, 0.2) is 17.4 Å². The number of aliphatic hydroxyl groups is 1. The van der Waals surface area contributed by atoms with Crippen molar-refractivity contribution in [3.05, 3.63) is 95.5 Å². The van der Waals surface area contributed by atoms with Crippen LogP contribution >= 0.6 is 11.3 Å². The number of hydrogen-bond acceptors (Lipinski definition) is 19. The normalized spacial score (nSPS) is 24.2. The number of nitrogen functional groups attached to an aromatic ring is 1. The van der Waals surface area contributed by atoms with Gasteiger partial charge in [-0.3, -0.25) is 9.59 Å². The van der Waals surface area contributed by atoms with Crippen LogP contribution < -0.4 is 30.5 Å². The summed E-state index contributed by atoms with van der Waals surface area (Å²) in [5, 5.41) is 48.3.